The fourth-order valence-electron chi connectivity index (χ4n) is 3.23. The number of aryl methyl sites for hydroxylation is 1. The zero-order chi connectivity index (χ0) is 16.8. The number of hydrogen-bond acceptors (Lipinski definition) is 2. The Bertz CT molecular complexity index is 1080. The Morgan fingerprint density at radius 3 is 2.46 bits per heavy atom. The molecule has 0 saturated heterocycles. The van der Waals surface area contributed by atoms with E-state index in [-0.39, 0.29) is 11.6 Å². The maximum Gasteiger partial charge on any atom is 0.182 e. The lowest BCUT2D eigenvalue weighted by Crippen LogP contribution is -1.87. The van der Waals surface area contributed by atoms with Gasteiger partial charge in [-0.2, -0.15) is 0 Å². The van der Waals surface area contributed by atoms with Crippen LogP contribution < -0.4 is 4.74 Å². The Balaban J connectivity index is 2.09. The molecule has 3 aromatic carbocycles. The van der Waals surface area contributed by atoms with E-state index in [4.69, 9.17) is 4.74 Å². The van der Waals surface area contributed by atoms with E-state index in [1.807, 2.05) is 24.3 Å². The second-order valence-electron chi connectivity index (χ2n) is 5.93. The van der Waals surface area contributed by atoms with Crippen molar-refractivity contribution < 1.29 is 13.5 Å². The van der Waals surface area contributed by atoms with Crippen LogP contribution in [0.1, 0.15) is 18.9 Å². The third-order valence-corrected chi connectivity index (χ3v) is 5.62. The second kappa shape index (κ2) is 5.71. The van der Waals surface area contributed by atoms with Crippen molar-refractivity contribution >= 4 is 42.3 Å². The quantitative estimate of drug-likeness (QED) is 0.416. The van der Waals surface area contributed by atoms with E-state index in [2.05, 4.69) is 6.92 Å². The third-order valence-electron chi connectivity index (χ3n) is 4.41. The topological polar surface area (TPSA) is 9.23 Å². The standard InChI is InChI=1S/C20H16F2OS/c1-3-4-11-5-6-12-10-15-13-7-8-16(23-2)18(22)19(13)24-20(15)17(21)14(12)9-11/h5-10H,3-4H2,1-2H3. The minimum absolute atomic E-state index is 0.184. The number of fused-ring (bicyclic) bond motifs is 4. The number of methoxy groups -OCH3 is 1. The highest BCUT2D eigenvalue weighted by Gasteiger charge is 2.17. The molecular weight excluding hydrogens is 326 g/mol. The summed E-state index contributed by atoms with van der Waals surface area (Å²) in [4.78, 5) is 0. The zero-order valence-electron chi connectivity index (χ0n) is 13.5. The van der Waals surface area contributed by atoms with Crippen LogP contribution in [0.25, 0.3) is 30.9 Å². The number of thiophene rings is 1. The van der Waals surface area contributed by atoms with Crippen LogP contribution in [0.2, 0.25) is 0 Å². The van der Waals surface area contributed by atoms with Crippen molar-refractivity contribution in [2.75, 3.05) is 7.11 Å². The average Bonchev–Trinajstić information content (AvgIpc) is 2.96. The maximum atomic E-state index is 15.1. The van der Waals surface area contributed by atoms with E-state index >= 15 is 4.39 Å². The van der Waals surface area contributed by atoms with Crippen LogP contribution in [0.4, 0.5) is 8.78 Å². The molecule has 0 N–H and O–H groups in total. The van der Waals surface area contributed by atoms with Crippen LogP contribution in [0.3, 0.4) is 0 Å². The monoisotopic (exact) mass is 342 g/mol. The molecule has 0 atom stereocenters. The van der Waals surface area contributed by atoms with Gasteiger partial charge in [0.05, 0.1) is 16.5 Å². The van der Waals surface area contributed by atoms with Crippen molar-refractivity contribution in [2.24, 2.45) is 0 Å². The normalized spacial score (nSPS) is 11.7. The Hall–Kier alpha value is -2.20. The summed E-state index contributed by atoms with van der Waals surface area (Å²) in [5.41, 5.74) is 1.12. The Kier molecular flexibility index (Phi) is 3.65. The average molecular weight is 342 g/mol. The summed E-state index contributed by atoms with van der Waals surface area (Å²) < 4.78 is 35.6. The molecule has 1 nitrogen and oxygen atoms in total. The molecule has 122 valence electrons. The number of rotatable bonds is 3. The summed E-state index contributed by atoms with van der Waals surface area (Å²) in [6.07, 6.45) is 1.94. The zero-order valence-corrected chi connectivity index (χ0v) is 14.3. The van der Waals surface area contributed by atoms with Gasteiger partial charge in [0.1, 0.15) is 5.82 Å². The fraction of sp³-hybridized carbons (Fsp3) is 0.200. The minimum atomic E-state index is -0.425. The van der Waals surface area contributed by atoms with E-state index in [0.717, 1.165) is 45.9 Å². The molecule has 0 aliphatic carbocycles. The summed E-state index contributed by atoms with van der Waals surface area (Å²) in [6, 6.07) is 11.2. The van der Waals surface area contributed by atoms with Gasteiger partial charge in [-0.15, -0.1) is 11.3 Å². The number of ether oxygens (including phenoxy) is 1. The molecule has 4 heteroatoms. The Morgan fingerprint density at radius 2 is 1.71 bits per heavy atom. The number of halogens is 2. The first-order chi connectivity index (χ1) is 11.6. The molecule has 0 radical (unpaired) electrons. The van der Waals surface area contributed by atoms with Crippen LogP contribution >= 0.6 is 11.3 Å². The highest BCUT2D eigenvalue weighted by Crippen LogP contribution is 2.41. The van der Waals surface area contributed by atoms with E-state index in [1.165, 1.54) is 7.11 Å². The van der Waals surface area contributed by atoms with Crippen molar-refractivity contribution in [2.45, 2.75) is 19.8 Å². The third kappa shape index (κ3) is 2.17. The lowest BCUT2D eigenvalue weighted by Gasteiger charge is -2.05. The summed E-state index contributed by atoms with van der Waals surface area (Å²) in [7, 11) is 1.43. The van der Waals surface area contributed by atoms with Gasteiger partial charge < -0.3 is 4.74 Å². The first-order valence-corrected chi connectivity index (χ1v) is 8.75. The molecule has 0 bridgehead atoms. The Labute approximate surface area is 142 Å². The van der Waals surface area contributed by atoms with Crippen molar-refractivity contribution in [1.82, 2.24) is 0 Å². The second-order valence-corrected chi connectivity index (χ2v) is 6.95. The van der Waals surface area contributed by atoms with Gasteiger partial charge in [-0.1, -0.05) is 25.5 Å². The lowest BCUT2D eigenvalue weighted by molar-refractivity contribution is 0.389. The smallest absolute Gasteiger partial charge is 0.182 e. The van der Waals surface area contributed by atoms with E-state index in [1.54, 1.807) is 12.1 Å². The summed E-state index contributed by atoms with van der Waals surface area (Å²) >= 11 is 1.15. The van der Waals surface area contributed by atoms with Gasteiger partial charge in [0.15, 0.2) is 11.6 Å². The van der Waals surface area contributed by atoms with Gasteiger partial charge in [0, 0.05) is 16.2 Å². The summed E-state index contributed by atoms with van der Waals surface area (Å²) in [6.45, 7) is 2.10. The molecular formula is C20H16F2OS. The highest BCUT2D eigenvalue weighted by molar-refractivity contribution is 7.26. The van der Waals surface area contributed by atoms with E-state index in [0.29, 0.717) is 14.8 Å². The number of hydrogen-bond donors (Lipinski definition) is 0. The minimum Gasteiger partial charge on any atom is -0.494 e. The molecule has 24 heavy (non-hydrogen) atoms. The molecule has 0 aliphatic rings. The number of benzene rings is 3. The molecule has 0 fully saturated rings. The largest absolute Gasteiger partial charge is 0.494 e. The van der Waals surface area contributed by atoms with Crippen LogP contribution in [-0.4, -0.2) is 7.11 Å². The van der Waals surface area contributed by atoms with Gasteiger partial charge in [0.25, 0.3) is 0 Å². The van der Waals surface area contributed by atoms with Crippen LogP contribution in [-0.2, 0) is 6.42 Å². The van der Waals surface area contributed by atoms with Crippen molar-refractivity contribution in [3.8, 4) is 5.75 Å². The first-order valence-electron chi connectivity index (χ1n) is 7.94. The SMILES string of the molecule is CCCc1ccc2cc3c(sc4c(F)c(OC)ccc43)c(F)c2c1. The van der Waals surface area contributed by atoms with Crippen molar-refractivity contribution in [1.29, 1.82) is 0 Å². The maximum absolute atomic E-state index is 15.1. The molecule has 4 rings (SSSR count). The van der Waals surface area contributed by atoms with Crippen LogP contribution in [0.5, 0.6) is 5.75 Å². The molecule has 0 spiro atoms. The van der Waals surface area contributed by atoms with Crippen molar-refractivity contribution in [3.63, 3.8) is 0 Å². The molecule has 0 amide bonds. The first kappa shape index (κ1) is 15.3. The van der Waals surface area contributed by atoms with Gasteiger partial charge in [-0.05, 0) is 41.6 Å². The van der Waals surface area contributed by atoms with Crippen molar-refractivity contribution in [3.05, 3.63) is 53.6 Å². The van der Waals surface area contributed by atoms with Gasteiger partial charge in [-0.3, -0.25) is 0 Å². The molecule has 4 aromatic rings. The molecule has 0 aliphatic heterocycles. The van der Waals surface area contributed by atoms with Gasteiger partial charge in [0.2, 0.25) is 0 Å². The van der Waals surface area contributed by atoms with Crippen LogP contribution in [0, 0.1) is 11.6 Å². The molecule has 0 saturated carbocycles. The predicted octanol–water partition coefficient (Wildman–Crippen LogP) is 6.45. The predicted molar refractivity (Wildman–Crippen MR) is 97.3 cm³/mol. The lowest BCUT2D eigenvalue weighted by atomic mass is 10.0. The molecule has 1 heterocycles. The molecule has 0 unspecified atom stereocenters. The highest BCUT2D eigenvalue weighted by atomic mass is 32.1. The van der Waals surface area contributed by atoms with Gasteiger partial charge >= 0.3 is 0 Å². The fourth-order valence-corrected chi connectivity index (χ4v) is 4.40. The Morgan fingerprint density at radius 1 is 0.917 bits per heavy atom. The van der Waals surface area contributed by atoms with Crippen LogP contribution in [0.15, 0.2) is 36.4 Å². The van der Waals surface area contributed by atoms with E-state index < -0.39 is 5.82 Å². The van der Waals surface area contributed by atoms with E-state index in [9.17, 15) is 4.39 Å². The summed E-state index contributed by atoms with van der Waals surface area (Å²) in [5.74, 6) is -0.504. The molecule has 1 aromatic heterocycles. The summed E-state index contributed by atoms with van der Waals surface area (Å²) in [5, 5.41) is 2.93. The van der Waals surface area contributed by atoms with Gasteiger partial charge in [-0.25, -0.2) is 8.78 Å².